The lowest BCUT2D eigenvalue weighted by atomic mass is 9.61. The van der Waals surface area contributed by atoms with Crippen molar-refractivity contribution in [3.63, 3.8) is 0 Å². The van der Waals surface area contributed by atoms with E-state index >= 15 is 0 Å². The Morgan fingerprint density at radius 2 is 1.94 bits per heavy atom. The summed E-state index contributed by atoms with van der Waals surface area (Å²) in [4.78, 5) is 0. The fourth-order valence-electron chi connectivity index (χ4n) is 3.97. The first-order valence-electron chi connectivity index (χ1n) is 6.95. The van der Waals surface area contributed by atoms with Crippen LogP contribution in [-0.4, -0.2) is 6.04 Å². The highest BCUT2D eigenvalue weighted by Gasteiger charge is 2.44. The fraction of sp³-hybridized carbons (Fsp3) is 0.625. The highest BCUT2D eigenvalue weighted by Crippen LogP contribution is 2.48. The zero-order chi connectivity index (χ0) is 12.0. The van der Waals surface area contributed by atoms with Gasteiger partial charge in [0.25, 0.3) is 0 Å². The summed E-state index contributed by atoms with van der Waals surface area (Å²) in [5, 5.41) is 3.78. The van der Waals surface area contributed by atoms with E-state index in [0.717, 1.165) is 11.8 Å². The zero-order valence-corrected chi connectivity index (χ0v) is 11.2. The summed E-state index contributed by atoms with van der Waals surface area (Å²) in [6.07, 6.45) is 4.11. The van der Waals surface area contributed by atoms with E-state index in [-0.39, 0.29) is 0 Å². The Labute approximate surface area is 105 Å². The molecule has 0 radical (unpaired) electrons. The molecule has 1 aliphatic heterocycles. The predicted octanol–water partition coefficient (Wildman–Crippen LogP) is 4.19. The van der Waals surface area contributed by atoms with E-state index in [9.17, 15) is 0 Å². The molecule has 1 nitrogen and oxygen atoms in total. The number of para-hydroxylation sites is 1. The minimum absolute atomic E-state index is 0.326. The van der Waals surface area contributed by atoms with Crippen molar-refractivity contribution in [1.82, 2.24) is 0 Å². The first-order valence-corrected chi connectivity index (χ1v) is 6.95. The van der Waals surface area contributed by atoms with Crippen LogP contribution in [0.15, 0.2) is 24.3 Å². The molecule has 0 spiro atoms. The second-order valence-corrected chi connectivity index (χ2v) is 6.54. The second kappa shape index (κ2) is 3.76. The number of benzene rings is 1. The Morgan fingerprint density at radius 1 is 1.18 bits per heavy atom. The summed E-state index contributed by atoms with van der Waals surface area (Å²) in [6.45, 7) is 7.26. The minimum Gasteiger partial charge on any atom is -0.382 e. The molecule has 1 N–H and O–H groups in total. The van der Waals surface area contributed by atoms with Gasteiger partial charge in [-0.2, -0.15) is 0 Å². The van der Waals surface area contributed by atoms with Crippen molar-refractivity contribution >= 4 is 5.69 Å². The smallest absolute Gasteiger partial charge is 0.0380 e. The molecule has 1 heteroatoms. The molecular formula is C16H23N. The summed E-state index contributed by atoms with van der Waals surface area (Å²) >= 11 is 0. The van der Waals surface area contributed by atoms with Crippen LogP contribution in [0.3, 0.4) is 0 Å². The van der Waals surface area contributed by atoms with Crippen LogP contribution in [0, 0.1) is 11.8 Å². The SMILES string of the molecule is C[C@@H]1CC[C@@H]2[C@@H](C1)Nc1ccccc1C2(C)C. The van der Waals surface area contributed by atoms with Crippen molar-refractivity contribution in [2.45, 2.75) is 51.5 Å². The van der Waals surface area contributed by atoms with Gasteiger partial charge in [0, 0.05) is 11.7 Å². The zero-order valence-electron chi connectivity index (χ0n) is 11.2. The Hall–Kier alpha value is -0.980. The summed E-state index contributed by atoms with van der Waals surface area (Å²) in [5.74, 6) is 1.68. The highest BCUT2D eigenvalue weighted by molar-refractivity contribution is 5.58. The molecular weight excluding hydrogens is 206 g/mol. The minimum atomic E-state index is 0.326. The largest absolute Gasteiger partial charge is 0.382 e. The molecule has 1 aromatic rings. The van der Waals surface area contributed by atoms with Crippen LogP contribution >= 0.6 is 0 Å². The third-order valence-corrected chi connectivity index (χ3v) is 5.00. The molecule has 1 saturated carbocycles. The van der Waals surface area contributed by atoms with Gasteiger partial charge in [-0.3, -0.25) is 0 Å². The predicted molar refractivity (Wildman–Crippen MR) is 73.4 cm³/mol. The summed E-state index contributed by atoms with van der Waals surface area (Å²) in [7, 11) is 0. The summed E-state index contributed by atoms with van der Waals surface area (Å²) < 4.78 is 0. The van der Waals surface area contributed by atoms with Crippen LogP contribution < -0.4 is 5.32 Å². The normalized spacial score (nSPS) is 34.4. The van der Waals surface area contributed by atoms with E-state index < -0.39 is 0 Å². The molecule has 17 heavy (non-hydrogen) atoms. The lowest BCUT2D eigenvalue weighted by Crippen LogP contribution is -2.48. The monoisotopic (exact) mass is 229 g/mol. The molecule has 1 aromatic carbocycles. The van der Waals surface area contributed by atoms with Crippen LogP contribution in [0.5, 0.6) is 0 Å². The van der Waals surface area contributed by atoms with E-state index in [1.165, 1.54) is 30.5 Å². The van der Waals surface area contributed by atoms with Crippen molar-refractivity contribution in [3.05, 3.63) is 29.8 Å². The Kier molecular flexibility index (Phi) is 2.46. The van der Waals surface area contributed by atoms with Gasteiger partial charge in [-0.05, 0) is 41.7 Å². The van der Waals surface area contributed by atoms with Crippen molar-refractivity contribution < 1.29 is 0 Å². The molecule has 0 aromatic heterocycles. The van der Waals surface area contributed by atoms with Crippen LogP contribution in [0.4, 0.5) is 5.69 Å². The van der Waals surface area contributed by atoms with Gasteiger partial charge in [-0.15, -0.1) is 0 Å². The number of rotatable bonds is 0. The number of fused-ring (bicyclic) bond motifs is 2. The molecule has 3 atom stereocenters. The van der Waals surface area contributed by atoms with Crippen LogP contribution in [0.2, 0.25) is 0 Å². The first-order chi connectivity index (χ1) is 8.09. The number of anilines is 1. The molecule has 0 saturated heterocycles. The van der Waals surface area contributed by atoms with Gasteiger partial charge in [0.15, 0.2) is 0 Å². The number of hydrogen-bond donors (Lipinski definition) is 1. The Bertz CT molecular complexity index is 421. The second-order valence-electron chi connectivity index (χ2n) is 6.54. The van der Waals surface area contributed by atoms with Gasteiger partial charge >= 0.3 is 0 Å². The lowest BCUT2D eigenvalue weighted by molar-refractivity contribution is 0.174. The lowest BCUT2D eigenvalue weighted by Gasteiger charge is -2.49. The number of nitrogens with one attached hydrogen (secondary N) is 1. The van der Waals surface area contributed by atoms with Crippen molar-refractivity contribution in [3.8, 4) is 0 Å². The van der Waals surface area contributed by atoms with Crippen LogP contribution in [-0.2, 0) is 5.41 Å². The summed E-state index contributed by atoms with van der Waals surface area (Å²) in [5.41, 5.74) is 3.20. The van der Waals surface area contributed by atoms with Gasteiger partial charge in [0.05, 0.1) is 0 Å². The molecule has 3 rings (SSSR count). The highest BCUT2D eigenvalue weighted by atomic mass is 15.0. The number of hydrogen-bond acceptors (Lipinski definition) is 1. The van der Waals surface area contributed by atoms with Crippen LogP contribution in [0.1, 0.15) is 45.6 Å². The average molecular weight is 229 g/mol. The van der Waals surface area contributed by atoms with Gasteiger partial charge in [-0.25, -0.2) is 0 Å². The molecule has 1 fully saturated rings. The maximum absolute atomic E-state index is 3.78. The maximum Gasteiger partial charge on any atom is 0.0380 e. The summed E-state index contributed by atoms with van der Waals surface area (Å²) in [6, 6.07) is 9.55. The molecule has 0 unspecified atom stereocenters. The average Bonchev–Trinajstić information content (AvgIpc) is 2.28. The van der Waals surface area contributed by atoms with E-state index in [2.05, 4.69) is 50.4 Å². The van der Waals surface area contributed by atoms with E-state index in [0.29, 0.717) is 11.5 Å². The third kappa shape index (κ3) is 1.67. The molecule has 92 valence electrons. The Balaban J connectivity index is 2.03. The van der Waals surface area contributed by atoms with Gasteiger partial charge in [-0.1, -0.05) is 45.4 Å². The third-order valence-electron chi connectivity index (χ3n) is 5.00. The molecule has 2 aliphatic rings. The Morgan fingerprint density at radius 3 is 2.76 bits per heavy atom. The molecule has 0 amide bonds. The van der Waals surface area contributed by atoms with Crippen molar-refractivity contribution in [1.29, 1.82) is 0 Å². The molecule has 0 bridgehead atoms. The van der Waals surface area contributed by atoms with Gasteiger partial charge < -0.3 is 5.32 Å². The fourth-order valence-corrected chi connectivity index (χ4v) is 3.97. The van der Waals surface area contributed by atoms with Gasteiger partial charge in [0.1, 0.15) is 0 Å². The van der Waals surface area contributed by atoms with Crippen LogP contribution in [0.25, 0.3) is 0 Å². The molecule has 1 aliphatic carbocycles. The van der Waals surface area contributed by atoms with E-state index in [4.69, 9.17) is 0 Å². The van der Waals surface area contributed by atoms with Crippen molar-refractivity contribution in [2.75, 3.05) is 5.32 Å². The molecule has 1 heterocycles. The topological polar surface area (TPSA) is 12.0 Å². The first kappa shape index (κ1) is 11.1. The maximum atomic E-state index is 3.78. The van der Waals surface area contributed by atoms with Crippen molar-refractivity contribution in [2.24, 2.45) is 11.8 Å². The standard InChI is InChI=1S/C16H23N/c1-11-8-9-13-15(10-11)17-14-7-5-4-6-12(14)16(13,2)3/h4-7,11,13,15,17H,8-10H2,1-3H3/t11-,13-,15-/m1/s1. The van der Waals surface area contributed by atoms with E-state index in [1.54, 1.807) is 0 Å². The quantitative estimate of drug-likeness (QED) is 0.703. The van der Waals surface area contributed by atoms with E-state index in [1.807, 2.05) is 0 Å². The van der Waals surface area contributed by atoms with Gasteiger partial charge in [0.2, 0.25) is 0 Å².